The van der Waals surface area contributed by atoms with Crippen molar-refractivity contribution >= 4 is 5.91 Å². The summed E-state index contributed by atoms with van der Waals surface area (Å²) in [5.41, 5.74) is 5.99. The highest BCUT2D eigenvalue weighted by atomic mass is 16.5. The molecule has 1 amide bonds. The molecule has 2 N–H and O–H groups in total. The van der Waals surface area contributed by atoms with Gasteiger partial charge in [-0.25, -0.2) is 0 Å². The zero-order valence-corrected chi connectivity index (χ0v) is 8.75. The number of hydrogen-bond donors (Lipinski definition) is 1. The lowest BCUT2D eigenvalue weighted by Gasteiger charge is -2.03. The molecule has 3 heteroatoms. The smallest absolute Gasteiger partial charge is 0.217 e. The number of methoxy groups -OCH3 is 1. The number of rotatable bonds is 6. The molecule has 0 bridgehead atoms. The molecular formula is C11H17NO2. The molecule has 0 rings (SSSR count). The van der Waals surface area contributed by atoms with E-state index in [1.807, 2.05) is 19.1 Å². The maximum absolute atomic E-state index is 10.6. The van der Waals surface area contributed by atoms with Crippen molar-refractivity contribution in [3.8, 4) is 0 Å². The van der Waals surface area contributed by atoms with Crippen molar-refractivity contribution < 1.29 is 9.53 Å². The van der Waals surface area contributed by atoms with Crippen molar-refractivity contribution in [2.45, 2.75) is 19.8 Å². The van der Waals surface area contributed by atoms with Gasteiger partial charge in [0.2, 0.25) is 5.91 Å². The fourth-order valence-electron chi connectivity index (χ4n) is 0.944. The summed E-state index contributed by atoms with van der Waals surface area (Å²) >= 11 is 0. The molecular weight excluding hydrogens is 178 g/mol. The van der Waals surface area contributed by atoms with Gasteiger partial charge in [-0.05, 0) is 31.1 Å². The third-order valence-corrected chi connectivity index (χ3v) is 1.77. The topological polar surface area (TPSA) is 52.3 Å². The van der Waals surface area contributed by atoms with E-state index < -0.39 is 0 Å². The number of hydrogen-bond acceptors (Lipinski definition) is 2. The summed E-state index contributed by atoms with van der Waals surface area (Å²) in [5.74, 6) is 0.446. The van der Waals surface area contributed by atoms with Crippen LogP contribution in [0.2, 0.25) is 0 Å². The van der Waals surface area contributed by atoms with Gasteiger partial charge in [0.15, 0.2) is 0 Å². The second-order valence-electron chi connectivity index (χ2n) is 2.78. The average molecular weight is 195 g/mol. The van der Waals surface area contributed by atoms with E-state index in [4.69, 9.17) is 10.5 Å². The van der Waals surface area contributed by atoms with Crippen molar-refractivity contribution in [3.63, 3.8) is 0 Å². The Balaban J connectivity index is 4.38. The Morgan fingerprint density at radius 2 is 2.14 bits per heavy atom. The van der Waals surface area contributed by atoms with Crippen LogP contribution in [0, 0.1) is 0 Å². The SMILES string of the molecule is C=C/C(=C\C(=C/C)OC)CCC(N)=O. The van der Waals surface area contributed by atoms with E-state index >= 15 is 0 Å². The maximum atomic E-state index is 10.6. The van der Waals surface area contributed by atoms with E-state index in [2.05, 4.69) is 6.58 Å². The zero-order valence-electron chi connectivity index (χ0n) is 8.75. The van der Waals surface area contributed by atoms with Crippen LogP contribution in [0.25, 0.3) is 0 Å². The van der Waals surface area contributed by atoms with E-state index in [1.54, 1.807) is 13.2 Å². The van der Waals surface area contributed by atoms with E-state index in [9.17, 15) is 4.79 Å². The minimum Gasteiger partial charge on any atom is -0.497 e. The second kappa shape index (κ2) is 6.95. The Hall–Kier alpha value is -1.51. The molecule has 78 valence electrons. The summed E-state index contributed by atoms with van der Waals surface area (Å²) < 4.78 is 5.06. The predicted molar refractivity (Wildman–Crippen MR) is 57.5 cm³/mol. The summed E-state index contributed by atoms with van der Waals surface area (Å²) in [7, 11) is 1.60. The van der Waals surface area contributed by atoms with Gasteiger partial charge in [0, 0.05) is 6.42 Å². The fraction of sp³-hybridized carbons (Fsp3) is 0.364. The monoisotopic (exact) mass is 195 g/mol. The molecule has 14 heavy (non-hydrogen) atoms. The van der Waals surface area contributed by atoms with Crippen molar-refractivity contribution in [1.29, 1.82) is 0 Å². The molecule has 0 radical (unpaired) electrons. The van der Waals surface area contributed by atoms with Gasteiger partial charge in [-0.3, -0.25) is 4.79 Å². The molecule has 0 spiro atoms. The van der Waals surface area contributed by atoms with Crippen LogP contribution in [-0.4, -0.2) is 13.0 Å². The lowest BCUT2D eigenvalue weighted by atomic mass is 10.1. The van der Waals surface area contributed by atoms with Crippen molar-refractivity contribution in [1.82, 2.24) is 0 Å². The quantitative estimate of drug-likeness (QED) is 0.520. The zero-order chi connectivity index (χ0) is 11.0. The first-order valence-corrected chi connectivity index (χ1v) is 4.45. The van der Waals surface area contributed by atoms with Gasteiger partial charge in [0.05, 0.1) is 7.11 Å². The number of primary amides is 1. The van der Waals surface area contributed by atoms with Crippen LogP contribution in [0.5, 0.6) is 0 Å². The van der Waals surface area contributed by atoms with Gasteiger partial charge in [-0.1, -0.05) is 12.7 Å². The number of ether oxygens (including phenoxy) is 1. The average Bonchev–Trinajstić information content (AvgIpc) is 2.18. The number of amides is 1. The van der Waals surface area contributed by atoms with Crippen LogP contribution in [-0.2, 0) is 9.53 Å². The maximum Gasteiger partial charge on any atom is 0.217 e. The Morgan fingerprint density at radius 1 is 1.50 bits per heavy atom. The van der Waals surface area contributed by atoms with Crippen LogP contribution in [0.15, 0.2) is 36.1 Å². The first-order valence-electron chi connectivity index (χ1n) is 4.45. The largest absolute Gasteiger partial charge is 0.497 e. The number of nitrogens with two attached hydrogens (primary N) is 1. The molecule has 0 unspecified atom stereocenters. The Morgan fingerprint density at radius 3 is 2.50 bits per heavy atom. The van der Waals surface area contributed by atoms with E-state index in [0.717, 1.165) is 11.3 Å². The van der Waals surface area contributed by atoms with Crippen LogP contribution in [0.4, 0.5) is 0 Å². The van der Waals surface area contributed by atoms with E-state index in [0.29, 0.717) is 12.8 Å². The summed E-state index contributed by atoms with van der Waals surface area (Å²) in [6.45, 7) is 5.54. The van der Waals surface area contributed by atoms with Crippen LogP contribution >= 0.6 is 0 Å². The molecule has 0 aromatic carbocycles. The van der Waals surface area contributed by atoms with Gasteiger partial charge < -0.3 is 10.5 Å². The molecule has 0 aliphatic rings. The fourth-order valence-corrected chi connectivity index (χ4v) is 0.944. The summed E-state index contributed by atoms with van der Waals surface area (Å²) in [6.07, 6.45) is 6.31. The van der Waals surface area contributed by atoms with Gasteiger partial charge in [0.25, 0.3) is 0 Å². The Labute approximate surface area is 84.9 Å². The van der Waals surface area contributed by atoms with Crippen molar-refractivity contribution in [3.05, 3.63) is 36.1 Å². The minimum absolute atomic E-state index is 0.308. The molecule has 0 aliphatic heterocycles. The normalized spacial score (nSPS) is 12.4. The molecule has 0 saturated carbocycles. The van der Waals surface area contributed by atoms with E-state index in [1.165, 1.54) is 0 Å². The van der Waals surface area contributed by atoms with Crippen LogP contribution in [0.3, 0.4) is 0 Å². The highest BCUT2D eigenvalue weighted by molar-refractivity contribution is 5.74. The second-order valence-corrected chi connectivity index (χ2v) is 2.78. The van der Waals surface area contributed by atoms with Gasteiger partial charge >= 0.3 is 0 Å². The Bertz CT molecular complexity index is 264. The third kappa shape index (κ3) is 5.19. The lowest BCUT2D eigenvalue weighted by Crippen LogP contribution is -2.09. The van der Waals surface area contributed by atoms with Crippen LogP contribution in [0.1, 0.15) is 19.8 Å². The van der Waals surface area contributed by atoms with Gasteiger partial charge in [0.1, 0.15) is 5.76 Å². The number of allylic oxidation sites excluding steroid dienone is 4. The lowest BCUT2D eigenvalue weighted by molar-refractivity contribution is -0.117. The molecule has 0 aromatic heterocycles. The molecule has 0 fully saturated rings. The van der Waals surface area contributed by atoms with Crippen LogP contribution < -0.4 is 5.73 Å². The summed E-state index contributed by atoms with van der Waals surface area (Å²) in [6, 6.07) is 0. The molecule has 0 atom stereocenters. The minimum atomic E-state index is -0.308. The number of carbonyl (C=O) groups is 1. The molecule has 3 nitrogen and oxygen atoms in total. The standard InChI is InChI=1S/C11H17NO2/c1-4-9(6-7-11(12)13)8-10(5-2)14-3/h4-5,8H,1,6-7H2,2-3H3,(H2,12,13)/b9-8+,10-5+. The third-order valence-electron chi connectivity index (χ3n) is 1.77. The highest BCUT2D eigenvalue weighted by Crippen LogP contribution is 2.10. The van der Waals surface area contributed by atoms with Gasteiger partial charge in [-0.15, -0.1) is 0 Å². The molecule has 0 saturated heterocycles. The molecule has 0 aliphatic carbocycles. The first-order chi connectivity index (χ1) is 6.63. The summed E-state index contributed by atoms with van der Waals surface area (Å²) in [4.78, 5) is 10.6. The summed E-state index contributed by atoms with van der Waals surface area (Å²) in [5, 5.41) is 0. The number of carbonyl (C=O) groups excluding carboxylic acids is 1. The predicted octanol–water partition coefficient (Wildman–Crippen LogP) is 1.91. The Kier molecular flexibility index (Phi) is 6.20. The van der Waals surface area contributed by atoms with E-state index in [-0.39, 0.29) is 5.91 Å². The highest BCUT2D eigenvalue weighted by Gasteiger charge is 1.98. The van der Waals surface area contributed by atoms with Crippen molar-refractivity contribution in [2.24, 2.45) is 5.73 Å². The van der Waals surface area contributed by atoms with Gasteiger partial charge in [-0.2, -0.15) is 0 Å². The molecule has 0 aromatic rings. The van der Waals surface area contributed by atoms with Crippen molar-refractivity contribution in [2.75, 3.05) is 7.11 Å². The molecule has 0 heterocycles. The first kappa shape index (κ1) is 12.5.